The van der Waals surface area contributed by atoms with Crippen LogP contribution in [0, 0.1) is 0 Å². The fourth-order valence-corrected chi connectivity index (χ4v) is 5.11. The van der Waals surface area contributed by atoms with Gasteiger partial charge in [0.25, 0.3) is 0 Å². The first-order chi connectivity index (χ1) is 14.8. The van der Waals surface area contributed by atoms with Gasteiger partial charge in [-0.2, -0.15) is 0 Å². The third-order valence-electron chi connectivity index (χ3n) is 7.20. The van der Waals surface area contributed by atoms with Crippen LogP contribution in [0.1, 0.15) is 63.6 Å². The maximum absolute atomic E-state index is 13.5. The summed E-state index contributed by atoms with van der Waals surface area (Å²) in [7, 11) is 0. The van der Waals surface area contributed by atoms with Gasteiger partial charge in [0.2, 0.25) is 5.91 Å². The van der Waals surface area contributed by atoms with Gasteiger partial charge in [-0.1, -0.05) is 57.2 Å². The molecule has 5 nitrogen and oxygen atoms in total. The Labute approximate surface area is 183 Å². The van der Waals surface area contributed by atoms with Crippen LogP contribution in [0.25, 0.3) is 11.0 Å². The summed E-state index contributed by atoms with van der Waals surface area (Å²) >= 11 is 0. The highest BCUT2D eigenvalue weighted by atomic mass is 16.2. The van der Waals surface area contributed by atoms with E-state index in [0.29, 0.717) is 13.1 Å². The number of benzene rings is 2. The van der Waals surface area contributed by atoms with Crippen LogP contribution in [0.15, 0.2) is 53.3 Å². The van der Waals surface area contributed by atoms with Crippen molar-refractivity contribution >= 4 is 16.9 Å². The first kappa shape index (κ1) is 20.1. The third-order valence-corrected chi connectivity index (χ3v) is 7.20. The summed E-state index contributed by atoms with van der Waals surface area (Å²) in [5, 5.41) is 0. The number of piperidine rings is 1. The van der Waals surface area contributed by atoms with E-state index in [0.717, 1.165) is 42.3 Å². The monoisotopic (exact) mass is 417 g/mol. The molecular formula is C26H31N3O2. The number of fused-ring (bicyclic) bond motifs is 1. The molecule has 2 heterocycles. The number of H-pyrrole nitrogens is 1. The van der Waals surface area contributed by atoms with Crippen LogP contribution in [0.3, 0.4) is 0 Å². The molecule has 1 aliphatic heterocycles. The first-order valence-electron chi connectivity index (χ1n) is 11.4. The van der Waals surface area contributed by atoms with E-state index in [2.05, 4.69) is 50.0 Å². The molecule has 0 radical (unpaired) electrons. The van der Waals surface area contributed by atoms with Gasteiger partial charge in [0.1, 0.15) is 0 Å². The Morgan fingerprint density at radius 1 is 1.00 bits per heavy atom. The van der Waals surface area contributed by atoms with E-state index >= 15 is 0 Å². The molecule has 1 N–H and O–H groups in total. The molecule has 162 valence electrons. The van der Waals surface area contributed by atoms with E-state index < -0.39 is 0 Å². The number of nitrogens with one attached hydrogen (secondary N) is 1. The Hall–Kier alpha value is -2.82. The number of aromatic amines is 1. The molecule has 1 aromatic heterocycles. The zero-order valence-electron chi connectivity index (χ0n) is 18.6. The lowest BCUT2D eigenvalue weighted by atomic mass is 9.84. The zero-order chi connectivity index (χ0) is 21.8. The summed E-state index contributed by atoms with van der Waals surface area (Å²) < 4.78 is 1.88. The summed E-state index contributed by atoms with van der Waals surface area (Å²) in [6, 6.07) is 16.6. The zero-order valence-corrected chi connectivity index (χ0v) is 18.6. The maximum atomic E-state index is 13.5. The molecule has 1 saturated heterocycles. The molecule has 5 rings (SSSR count). The first-order valence-corrected chi connectivity index (χ1v) is 11.4. The maximum Gasteiger partial charge on any atom is 0.326 e. The molecule has 0 unspecified atom stereocenters. The van der Waals surface area contributed by atoms with Crippen LogP contribution < -0.4 is 5.69 Å². The third kappa shape index (κ3) is 3.40. The average molecular weight is 418 g/mol. The second-order valence-electron chi connectivity index (χ2n) is 10.3. The minimum Gasteiger partial charge on any atom is -0.342 e. The highest BCUT2D eigenvalue weighted by molar-refractivity contribution is 5.91. The number of imidazole rings is 1. The molecule has 2 fully saturated rings. The van der Waals surface area contributed by atoms with Crippen LogP contribution in [0.5, 0.6) is 0 Å². The lowest BCUT2D eigenvalue weighted by molar-refractivity contribution is -0.135. The molecule has 31 heavy (non-hydrogen) atoms. The van der Waals surface area contributed by atoms with Gasteiger partial charge >= 0.3 is 5.69 Å². The predicted molar refractivity (Wildman–Crippen MR) is 123 cm³/mol. The molecule has 5 heteroatoms. The molecule has 1 saturated carbocycles. The summed E-state index contributed by atoms with van der Waals surface area (Å²) in [5.41, 5.74) is 4.01. The minimum atomic E-state index is -0.332. The van der Waals surface area contributed by atoms with Crippen molar-refractivity contribution in [1.29, 1.82) is 0 Å². The van der Waals surface area contributed by atoms with E-state index in [9.17, 15) is 9.59 Å². The van der Waals surface area contributed by atoms with Crippen molar-refractivity contribution in [3.63, 3.8) is 0 Å². The lowest BCUT2D eigenvalue weighted by Gasteiger charge is -2.35. The quantitative estimate of drug-likeness (QED) is 0.681. The van der Waals surface area contributed by atoms with Gasteiger partial charge in [-0.25, -0.2) is 4.79 Å². The Morgan fingerprint density at radius 3 is 2.26 bits per heavy atom. The molecule has 0 bridgehead atoms. The van der Waals surface area contributed by atoms with Crippen LogP contribution in [0.4, 0.5) is 0 Å². The summed E-state index contributed by atoms with van der Waals surface area (Å²) in [6.07, 6.45) is 3.49. The van der Waals surface area contributed by atoms with Gasteiger partial charge in [-0.05, 0) is 54.4 Å². The van der Waals surface area contributed by atoms with Crippen LogP contribution in [0.2, 0.25) is 0 Å². The number of aromatic nitrogens is 2. The predicted octanol–water partition coefficient (Wildman–Crippen LogP) is 4.52. The van der Waals surface area contributed by atoms with Gasteiger partial charge < -0.3 is 9.88 Å². The highest BCUT2D eigenvalue weighted by Crippen LogP contribution is 2.50. The number of carbonyl (C=O) groups is 1. The van der Waals surface area contributed by atoms with E-state index in [-0.39, 0.29) is 28.5 Å². The van der Waals surface area contributed by atoms with Crippen molar-refractivity contribution in [2.45, 2.75) is 63.3 Å². The van der Waals surface area contributed by atoms with Gasteiger partial charge in [0.05, 0.1) is 16.4 Å². The molecule has 3 aromatic rings. The van der Waals surface area contributed by atoms with E-state index in [1.165, 1.54) is 5.56 Å². The fourth-order valence-electron chi connectivity index (χ4n) is 5.11. The normalized spacial score (nSPS) is 19.0. The minimum absolute atomic E-state index is 0.0522. The molecule has 0 spiro atoms. The molecular weight excluding hydrogens is 386 g/mol. The van der Waals surface area contributed by atoms with Crippen molar-refractivity contribution in [3.05, 3.63) is 70.1 Å². The Balaban J connectivity index is 1.31. The van der Waals surface area contributed by atoms with E-state index in [1.54, 1.807) is 0 Å². The van der Waals surface area contributed by atoms with E-state index in [4.69, 9.17) is 0 Å². The van der Waals surface area contributed by atoms with Crippen molar-refractivity contribution in [1.82, 2.24) is 14.5 Å². The van der Waals surface area contributed by atoms with Crippen molar-refractivity contribution in [3.8, 4) is 0 Å². The number of hydrogen-bond acceptors (Lipinski definition) is 2. The van der Waals surface area contributed by atoms with Gasteiger partial charge in [0.15, 0.2) is 0 Å². The number of nitrogens with zero attached hydrogens (tertiary/aromatic N) is 2. The number of carbonyl (C=O) groups excluding carboxylic acids is 1. The number of para-hydroxylation sites is 2. The second-order valence-corrected chi connectivity index (χ2v) is 10.3. The smallest absolute Gasteiger partial charge is 0.326 e. The summed E-state index contributed by atoms with van der Waals surface area (Å²) in [4.78, 5) is 31.0. The largest absolute Gasteiger partial charge is 0.342 e. The summed E-state index contributed by atoms with van der Waals surface area (Å²) in [5.74, 6) is 0.265. The van der Waals surface area contributed by atoms with E-state index in [1.807, 2.05) is 33.7 Å². The van der Waals surface area contributed by atoms with Crippen LogP contribution in [-0.2, 0) is 15.6 Å². The second kappa shape index (κ2) is 7.11. The molecule has 0 atom stereocenters. The van der Waals surface area contributed by atoms with Gasteiger partial charge in [-0.3, -0.25) is 9.36 Å². The molecule has 1 aliphatic carbocycles. The standard InChI is InChI=1S/C26H31N3O2/c1-25(2,3)18-8-10-19(11-9-18)26(14-15-26)23(30)28-16-12-20(13-17-28)29-22-7-5-4-6-21(22)27-24(29)31/h4-11,20H,12-17H2,1-3H3,(H,27,31). The Kier molecular flexibility index (Phi) is 4.61. The van der Waals surface area contributed by atoms with Crippen molar-refractivity contribution < 1.29 is 4.79 Å². The topological polar surface area (TPSA) is 58.1 Å². The summed E-state index contributed by atoms with van der Waals surface area (Å²) in [6.45, 7) is 8.05. The van der Waals surface area contributed by atoms with Gasteiger partial charge in [0, 0.05) is 19.1 Å². The van der Waals surface area contributed by atoms with Crippen molar-refractivity contribution in [2.24, 2.45) is 0 Å². The van der Waals surface area contributed by atoms with Crippen molar-refractivity contribution in [2.75, 3.05) is 13.1 Å². The average Bonchev–Trinajstić information content (AvgIpc) is 3.50. The van der Waals surface area contributed by atoms with Crippen LogP contribution in [-0.4, -0.2) is 33.4 Å². The lowest BCUT2D eigenvalue weighted by Crippen LogP contribution is -2.45. The number of hydrogen-bond donors (Lipinski definition) is 1. The number of amides is 1. The number of likely N-dealkylation sites (tertiary alicyclic amines) is 1. The van der Waals surface area contributed by atoms with Crippen LogP contribution >= 0.6 is 0 Å². The highest BCUT2D eigenvalue weighted by Gasteiger charge is 2.53. The Morgan fingerprint density at radius 2 is 1.65 bits per heavy atom. The van der Waals surface area contributed by atoms with Gasteiger partial charge in [-0.15, -0.1) is 0 Å². The SMILES string of the molecule is CC(C)(C)c1ccc(C2(C(=O)N3CCC(n4c(=O)[nH]c5ccccc54)CC3)CC2)cc1. The molecule has 2 aromatic carbocycles. The molecule has 2 aliphatic rings. The Bertz CT molecular complexity index is 1170. The number of rotatable bonds is 3. The molecule has 1 amide bonds. The fraction of sp³-hybridized carbons (Fsp3) is 0.462.